The van der Waals surface area contributed by atoms with E-state index in [1.54, 1.807) is 0 Å². The minimum atomic E-state index is 0.274. The zero-order valence-corrected chi connectivity index (χ0v) is 13.0. The summed E-state index contributed by atoms with van der Waals surface area (Å²) in [5.74, 6) is 8.16. The maximum absolute atomic E-state index is 5.52. The average molecular weight is 265 g/mol. The van der Waals surface area contributed by atoms with Gasteiger partial charge in [0.1, 0.15) is 17.5 Å². The molecule has 0 bridgehead atoms. The minimum Gasteiger partial charge on any atom is -0.370 e. The number of hydrazine groups is 1. The zero-order valence-electron chi connectivity index (χ0n) is 13.0. The Kier molecular flexibility index (Phi) is 5.11. The molecule has 0 radical (unpaired) electrons. The summed E-state index contributed by atoms with van der Waals surface area (Å²) in [5, 5.41) is 3.39. The quantitative estimate of drug-likeness (QED) is 0.563. The maximum Gasteiger partial charge on any atom is 0.148 e. The summed E-state index contributed by atoms with van der Waals surface area (Å²) in [6.07, 6.45) is 1.08. The van der Waals surface area contributed by atoms with Crippen LogP contribution in [0.3, 0.4) is 0 Å². The Bertz CT molecular complexity index is 421. The van der Waals surface area contributed by atoms with Crippen molar-refractivity contribution >= 4 is 11.6 Å². The first kappa shape index (κ1) is 15.7. The van der Waals surface area contributed by atoms with Crippen LogP contribution in [0.5, 0.6) is 0 Å². The number of rotatable bonds is 5. The summed E-state index contributed by atoms with van der Waals surface area (Å²) in [6, 6.07) is 0. The van der Waals surface area contributed by atoms with Crippen LogP contribution in [0, 0.1) is 12.3 Å². The molecule has 108 valence electrons. The fourth-order valence-corrected chi connectivity index (χ4v) is 1.66. The van der Waals surface area contributed by atoms with Crippen LogP contribution in [0.4, 0.5) is 11.6 Å². The molecule has 1 aromatic rings. The van der Waals surface area contributed by atoms with Gasteiger partial charge in [-0.2, -0.15) is 0 Å². The Hall–Kier alpha value is -1.36. The molecular weight excluding hydrogens is 238 g/mol. The van der Waals surface area contributed by atoms with E-state index in [1.165, 1.54) is 0 Å². The predicted molar refractivity (Wildman–Crippen MR) is 81.2 cm³/mol. The molecule has 1 aromatic heterocycles. The number of nitrogens with zero attached hydrogens (tertiary/aromatic N) is 2. The van der Waals surface area contributed by atoms with E-state index in [0.717, 1.165) is 30.2 Å². The van der Waals surface area contributed by atoms with Gasteiger partial charge in [-0.3, -0.25) is 0 Å². The van der Waals surface area contributed by atoms with Crippen LogP contribution >= 0.6 is 0 Å². The van der Waals surface area contributed by atoms with Crippen LogP contribution in [0.1, 0.15) is 58.3 Å². The fraction of sp³-hybridized carbons (Fsp3) is 0.714. The Morgan fingerprint density at radius 2 is 1.74 bits per heavy atom. The highest BCUT2D eigenvalue weighted by atomic mass is 15.3. The summed E-state index contributed by atoms with van der Waals surface area (Å²) < 4.78 is 0. The van der Waals surface area contributed by atoms with Crippen LogP contribution in [0.15, 0.2) is 0 Å². The van der Waals surface area contributed by atoms with Gasteiger partial charge >= 0.3 is 0 Å². The molecule has 0 atom stereocenters. The normalized spacial score (nSPS) is 11.8. The van der Waals surface area contributed by atoms with Gasteiger partial charge in [0.05, 0.1) is 0 Å². The molecule has 0 spiro atoms. The van der Waals surface area contributed by atoms with Crippen molar-refractivity contribution < 1.29 is 0 Å². The van der Waals surface area contributed by atoms with E-state index < -0.39 is 0 Å². The van der Waals surface area contributed by atoms with Gasteiger partial charge in [-0.25, -0.2) is 15.8 Å². The van der Waals surface area contributed by atoms with Crippen LogP contribution < -0.4 is 16.6 Å². The molecule has 0 unspecified atom stereocenters. The van der Waals surface area contributed by atoms with E-state index in [4.69, 9.17) is 5.84 Å². The van der Waals surface area contributed by atoms with Gasteiger partial charge < -0.3 is 10.7 Å². The van der Waals surface area contributed by atoms with E-state index in [0.29, 0.717) is 11.2 Å². The third kappa shape index (κ3) is 4.67. The molecule has 0 fully saturated rings. The molecule has 5 nitrogen and oxygen atoms in total. The number of nitrogens with one attached hydrogen (secondary N) is 2. The average Bonchev–Trinajstić information content (AvgIpc) is 2.29. The molecule has 0 aliphatic heterocycles. The number of nitrogens with two attached hydrogens (primary N) is 1. The molecule has 0 saturated heterocycles. The molecular formula is C14H27N5. The van der Waals surface area contributed by atoms with Crippen molar-refractivity contribution in [1.82, 2.24) is 9.97 Å². The molecule has 19 heavy (non-hydrogen) atoms. The predicted octanol–water partition coefficient (Wildman–Crippen LogP) is 3.04. The van der Waals surface area contributed by atoms with Crippen molar-refractivity contribution in [2.45, 2.75) is 53.9 Å². The molecule has 0 aliphatic carbocycles. The SMILES string of the molecule is Cc1c(NN)nc(C(C)C)nc1NCCC(C)(C)C. The van der Waals surface area contributed by atoms with Crippen molar-refractivity contribution in [3.63, 3.8) is 0 Å². The monoisotopic (exact) mass is 265 g/mol. The van der Waals surface area contributed by atoms with Crippen molar-refractivity contribution in [1.29, 1.82) is 0 Å². The highest BCUT2D eigenvalue weighted by molar-refractivity contribution is 5.56. The Morgan fingerprint density at radius 3 is 2.21 bits per heavy atom. The van der Waals surface area contributed by atoms with Crippen molar-refractivity contribution in [2.75, 3.05) is 17.3 Å². The van der Waals surface area contributed by atoms with Crippen LogP contribution in [-0.2, 0) is 0 Å². The van der Waals surface area contributed by atoms with Crippen LogP contribution in [-0.4, -0.2) is 16.5 Å². The van der Waals surface area contributed by atoms with Crippen molar-refractivity contribution in [2.24, 2.45) is 11.3 Å². The minimum absolute atomic E-state index is 0.274. The Morgan fingerprint density at radius 1 is 1.16 bits per heavy atom. The second-order valence-corrected chi connectivity index (χ2v) is 6.44. The van der Waals surface area contributed by atoms with Gasteiger partial charge in [0, 0.05) is 18.0 Å². The lowest BCUT2D eigenvalue weighted by atomic mass is 9.92. The van der Waals surface area contributed by atoms with Crippen molar-refractivity contribution in [3.8, 4) is 0 Å². The first-order valence-electron chi connectivity index (χ1n) is 6.83. The highest BCUT2D eigenvalue weighted by Crippen LogP contribution is 2.23. The van der Waals surface area contributed by atoms with Gasteiger partial charge in [0.25, 0.3) is 0 Å². The molecule has 4 N–H and O–H groups in total. The molecule has 0 amide bonds. The first-order chi connectivity index (χ1) is 8.74. The second kappa shape index (κ2) is 6.19. The summed E-state index contributed by atoms with van der Waals surface area (Å²) in [5.41, 5.74) is 3.91. The summed E-state index contributed by atoms with van der Waals surface area (Å²) in [4.78, 5) is 9.00. The summed E-state index contributed by atoms with van der Waals surface area (Å²) >= 11 is 0. The van der Waals surface area contributed by atoms with E-state index in [2.05, 4.69) is 55.3 Å². The van der Waals surface area contributed by atoms with Crippen LogP contribution in [0.25, 0.3) is 0 Å². The van der Waals surface area contributed by atoms with E-state index >= 15 is 0 Å². The van der Waals surface area contributed by atoms with Gasteiger partial charge in [-0.05, 0) is 18.8 Å². The fourth-order valence-electron chi connectivity index (χ4n) is 1.66. The lowest BCUT2D eigenvalue weighted by Gasteiger charge is -2.20. The molecule has 0 aliphatic rings. The number of aromatic nitrogens is 2. The number of hydrogen-bond acceptors (Lipinski definition) is 5. The molecule has 1 rings (SSSR count). The smallest absolute Gasteiger partial charge is 0.148 e. The second-order valence-electron chi connectivity index (χ2n) is 6.44. The lowest BCUT2D eigenvalue weighted by Crippen LogP contribution is -2.18. The van der Waals surface area contributed by atoms with E-state index in [9.17, 15) is 0 Å². The Balaban J connectivity index is 2.89. The van der Waals surface area contributed by atoms with E-state index in [-0.39, 0.29) is 5.92 Å². The van der Waals surface area contributed by atoms with E-state index in [1.807, 2.05) is 6.92 Å². The largest absolute Gasteiger partial charge is 0.370 e. The van der Waals surface area contributed by atoms with Gasteiger partial charge in [0.2, 0.25) is 0 Å². The van der Waals surface area contributed by atoms with Crippen LogP contribution in [0.2, 0.25) is 0 Å². The van der Waals surface area contributed by atoms with Crippen molar-refractivity contribution in [3.05, 3.63) is 11.4 Å². The summed E-state index contributed by atoms with van der Waals surface area (Å²) in [7, 11) is 0. The topological polar surface area (TPSA) is 75.9 Å². The lowest BCUT2D eigenvalue weighted by molar-refractivity contribution is 0.389. The summed E-state index contributed by atoms with van der Waals surface area (Å²) in [6.45, 7) is 13.7. The maximum atomic E-state index is 5.52. The zero-order chi connectivity index (χ0) is 14.6. The first-order valence-corrected chi connectivity index (χ1v) is 6.83. The highest BCUT2D eigenvalue weighted by Gasteiger charge is 2.14. The molecule has 0 aromatic carbocycles. The van der Waals surface area contributed by atoms with Gasteiger partial charge in [-0.1, -0.05) is 34.6 Å². The number of hydrogen-bond donors (Lipinski definition) is 3. The molecule has 0 saturated carbocycles. The third-order valence-electron chi connectivity index (χ3n) is 2.98. The molecule has 1 heterocycles. The number of anilines is 2. The van der Waals surface area contributed by atoms with Gasteiger partial charge in [0.15, 0.2) is 0 Å². The molecule has 5 heteroatoms. The van der Waals surface area contributed by atoms with Gasteiger partial charge in [-0.15, -0.1) is 0 Å². The number of nitrogen functional groups attached to an aromatic ring is 1. The third-order valence-corrected chi connectivity index (χ3v) is 2.98. The standard InChI is InChI=1S/C14H27N5/c1-9(2)11-17-12(10(3)13(18-11)19-15)16-8-7-14(4,5)6/h9H,7-8,15H2,1-6H3,(H2,16,17,18,19). The Labute approximate surface area is 116 Å².